The molecule has 0 spiro atoms. The Labute approximate surface area is 141 Å². The van der Waals surface area contributed by atoms with Gasteiger partial charge in [0.05, 0.1) is 5.70 Å². The number of phenolic OH excluding ortho intramolecular Hbond substituents is 1. The number of phenols is 1. The molecule has 7 nitrogen and oxygen atoms in total. The summed E-state index contributed by atoms with van der Waals surface area (Å²) in [5.41, 5.74) is 18.7. The average Bonchev–Trinajstić information content (AvgIpc) is 2.44. The normalized spacial score (nSPS) is 23.1. The highest BCUT2D eigenvalue weighted by molar-refractivity contribution is 5.73. The highest BCUT2D eigenvalue weighted by atomic mass is 16.3. The number of para-hydroxylation sites is 1. The molecule has 7 heteroatoms. The summed E-state index contributed by atoms with van der Waals surface area (Å²) in [4.78, 5) is 11.1. The van der Waals surface area contributed by atoms with Gasteiger partial charge in [0, 0.05) is 29.8 Å². The molecule has 1 fully saturated rings. The van der Waals surface area contributed by atoms with Crippen LogP contribution in [0.1, 0.15) is 32.3 Å². The first kappa shape index (κ1) is 17.5. The van der Waals surface area contributed by atoms with Crippen LogP contribution in [0.5, 0.6) is 5.75 Å². The summed E-state index contributed by atoms with van der Waals surface area (Å²) in [6, 6.07) is 6.91. The maximum Gasteiger partial charge on any atom is 0.217 e. The van der Waals surface area contributed by atoms with Crippen molar-refractivity contribution < 1.29 is 9.90 Å². The molecule has 9 N–H and O–H groups in total. The molecular formula is C17H25N5O2. The van der Waals surface area contributed by atoms with Crippen molar-refractivity contribution in [1.82, 2.24) is 10.6 Å². The van der Waals surface area contributed by atoms with E-state index in [9.17, 15) is 9.90 Å². The van der Waals surface area contributed by atoms with E-state index in [-0.39, 0.29) is 29.1 Å². The highest BCUT2D eigenvalue weighted by Crippen LogP contribution is 2.33. The third-order valence-electron chi connectivity index (χ3n) is 4.06. The number of nitrogens with two attached hydrogens (primary N) is 3. The highest BCUT2D eigenvalue weighted by Gasteiger charge is 2.41. The zero-order valence-corrected chi connectivity index (χ0v) is 14.0. The molecule has 1 aromatic rings. The van der Waals surface area contributed by atoms with Gasteiger partial charge in [0.15, 0.2) is 0 Å². The van der Waals surface area contributed by atoms with Gasteiger partial charge >= 0.3 is 0 Å². The Hall–Kier alpha value is -2.83. The molecule has 24 heavy (non-hydrogen) atoms. The van der Waals surface area contributed by atoms with E-state index in [2.05, 4.69) is 10.6 Å². The Bertz CT molecular complexity index is 686. The topological polar surface area (TPSA) is 139 Å². The number of carbonyl (C=O) groups is 1. The molecule has 0 unspecified atom stereocenters. The molecule has 1 aliphatic carbocycles. The molecule has 1 saturated carbocycles. The molecule has 0 aromatic heterocycles. The van der Waals surface area contributed by atoms with Crippen molar-refractivity contribution in [2.24, 2.45) is 17.2 Å². The van der Waals surface area contributed by atoms with Crippen molar-refractivity contribution >= 4 is 11.6 Å². The lowest BCUT2D eigenvalue weighted by Gasteiger charge is -2.46. The summed E-state index contributed by atoms with van der Waals surface area (Å²) >= 11 is 0. The second-order valence-corrected chi connectivity index (χ2v) is 6.48. The van der Waals surface area contributed by atoms with Gasteiger partial charge in [0.25, 0.3) is 0 Å². The van der Waals surface area contributed by atoms with Gasteiger partial charge in [-0.05, 0) is 38.0 Å². The number of allylic oxidation sites excluding steroid dienone is 1. The number of rotatable bonds is 5. The maximum atomic E-state index is 11.1. The number of aromatic hydroxyl groups is 1. The van der Waals surface area contributed by atoms with Gasteiger partial charge in [-0.1, -0.05) is 12.1 Å². The van der Waals surface area contributed by atoms with Crippen molar-refractivity contribution in [3.63, 3.8) is 0 Å². The molecule has 0 atom stereocenters. The second kappa shape index (κ2) is 6.74. The predicted molar refractivity (Wildman–Crippen MR) is 94.1 cm³/mol. The minimum atomic E-state index is -0.234. The third-order valence-corrected chi connectivity index (χ3v) is 4.06. The summed E-state index contributed by atoms with van der Waals surface area (Å²) in [7, 11) is 0. The molecule has 0 heterocycles. The number of hydrogen-bond acceptors (Lipinski definition) is 6. The van der Waals surface area contributed by atoms with E-state index in [0.717, 1.165) is 12.8 Å². The van der Waals surface area contributed by atoms with E-state index >= 15 is 0 Å². The Morgan fingerprint density at radius 3 is 2.46 bits per heavy atom. The van der Waals surface area contributed by atoms with Gasteiger partial charge in [-0.15, -0.1) is 0 Å². The second-order valence-electron chi connectivity index (χ2n) is 6.48. The smallest absolute Gasteiger partial charge is 0.217 e. The molecule has 130 valence electrons. The predicted octanol–water partition coefficient (Wildman–Crippen LogP) is 0.425. The lowest BCUT2D eigenvalue weighted by molar-refractivity contribution is -0.120. The van der Waals surface area contributed by atoms with Crippen LogP contribution in [-0.4, -0.2) is 22.6 Å². The number of benzene rings is 1. The van der Waals surface area contributed by atoms with Gasteiger partial charge in [-0.3, -0.25) is 4.79 Å². The third kappa shape index (κ3) is 4.13. The van der Waals surface area contributed by atoms with E-state index < -0.39 is 0 Å². The molecule has 0 bridgehead atoms. The van der Waals surface area contributed by atoms with Crippen molar-refractivity contribution in [3.05, 3.63) is 47.4 Å². The van der Waals surface area contributed by atoms with Gasteiger partial charge < -0.3 is 32.9 Å². The quantitative estimate of drug-likeness (QED) is 0.432. The zero-order chi connectivity index (χ0) is 17.9. The van der Waals surface area contributed by atoms with Crippen molar-refractivity contribution in [3.8, 4) is 5.75 Å². The fourth-order valence-corrected chi connectivity index (χ4v) is 2.99. The molecular weight excluding hydrogens is 306 g/mol. The fraction of sp³-hybridized carbons (Fsp3) is 0.353. The largest absolute Gasteiger partial charge is 0.507 e. The van der Waals surface area contributed by atoms with Crippen LogP contribution in [0.25, 0.3) is 5.70 Å². The Morgan fingerprint density at radius 1 is 1.29 bits per heavy atom. The van der Waals surface area contributed by atoms with Gasteiger partial charge in [-0.2, -0.15) is 0 Å². The number of carbonyl (C=O) groups excluding carboxylic acids is 1. The molecule has 1 amide bonds. The van der Waals surface area contributed by atoms with Crippen LogP contribution in [0.4, 0.5) is 0 Å². The minimum Gasteiger partial charge on any atom is -0.507 e. The Kier molecular flexibility index (Phi) is 4.92. The lowest BCUT2D eigenvalue weighted by atomic mass is 9.73. The van der Waals surface area contributed by atoms with E-state index in [1.54, 1.807) is 30.3 Å². The zero-order valence-electron chi connectivity index (χ0n) is 14.0. The molecule has 1 aromatic carbocycles. The first-order chi connectivity index (χ1) is 11.2. The molecule has 0 radical (unpaired) electrons. The van der Waals surface area contributed by atoms with Gasteiger partial charge in [0.1, 0.15) is 11.6 Å². The van der Waals surface area contributed by atoms with E-state index in [1.165, 1.54) is 6.92 Å². The fourth-order valence-electron chi connectivity index (χ4n) is 2.99. The summed E-state index contributed by atoms with van der Waals surface area (Å²) in [5, 5.41) is 16.1. The SMILES string of the molecule is CC(=O)NC1CC(C)(NC(/C=C(\N)c2ccccc2O)=C(N)N)C1. The first-order valence-electron chi connectivity index (χ1n) is 7.76. The van der Waals surface area contributed by atoms with Crippen molar-refractivity contribution in [2.45, 2.75) is 38.3 Å². The van der Waals surface area contributed by atoms with E-state index in [1.807, 2.05) is 6.92 Å². The van der Waals surface area contributed by atoms with Crippen LogP contribution in [0.15, 0.2) is 41.9 Å². The van der Waals surface area contributed by atoms with E-state index in [0.29, 0.717) is 17.0 Å². The lowest BCUT2D eigenvalue weighted by Crippen LogP contribution is -2.60. The standard InChI is InChI=1S/C17H25N5O2/c1-10(23)21-11-8-17(2,9-11)22-14(16(19)20)7-13(18)12-5-3-4-6-15(12)24/h3-7,11,22,24H,8-9,18-20H2,1-2H3,(H,21,23)/b13-7-. The average molecular weight is 331 g/mol. The molecule has 0 aliphatic heterocycles. The number of hydrogen-bond donors (Lipinski definition) is 6. The summed E-state index contributed by atoms with van der Waals surface area (Å²) in [6.07, 6.45) is 3.13. The maximum absolute atomic E-state index is 11.1. The van der Waals surface area contributed by atoms with Crippen LogP contribution in [0.3, 0.4) is 0 Å². The van der Waals surface area contributed by atoms with Crippen LogP contribution in [0.2, 0.25) is 0 Å². The number of amides is 1. The van der Waals surface area contributed by atoms with Gasteiger partial charge in [0.2, 0.25) is 5.91 Å². The van der Waals surface area contributed by atoms with Crippen LogP contribution in [-0.2, 0) is 4.79 Å². The summed E-state index contributed by atoms with van der Waals surface area (Å²) in [6.45, 7) is 3.53. The monoisotopic (exact) mass is 331 g/mol. The Morgan fingerprint density at radius 2 is 1.92 bits per heavy atom. The van der Waals surface area contributed by atoms with E-state index in [4.69, 9.17) is 17.2 Å². The van der Waals surface area contributed by atoms with Crippen LogP contribution < -0.4 is 27.8 Å². The summed E-state index contributed by atoms with van der Waals surface area (Å²) < 4.78 is 0. The first-order valence-corrected chi connectivity index (χ1v) is 7.76. The number of nitrogens with one attached hydrogen (secondary N) is 2. The van der Waals surface area contributed by atoms with Gasteiger partial charge in [-0.25, -0.2) is 0 Å². The molecule has 1 aliphatic rings. The van der Waals surface area contributed by atoms with Crippen molar-refractivity contribution in [1.29, 1.82) is 0 Å². The molecule has 2 rings (SSSR count). The Balaban J connectivity index is 2.12. The van der Waals surface area contributed by atoms with Crippen LogP contribution >= 0.6 is 0 Å². The van der Waals surface area contributed by atoms with Crippen LogP contribution in [0, 0.1) is 0 Å². The minimum absolute atomic E-state index is 0.0418. The summed E-state index contributed by atoms with van der Waals surface area (Å²) in [5.74, 6) is 0.152. The van der Waals surface area contributed by atoms with Crippen molar-refractivity contribution in [2.75, 3.05) is 0 Å². The molecule has 0 saturated heterocycles.